The molecule has 0 saturated carbocycles. The van der Waals surface area contributed by atoms with Crippen molar-refractivity contribution in [2.45, 2.75) is 0 Å². The summed E-state index contributed by atoms with van der Waals surface area (Å²) in [5, 5.41) is 10.7. The lowest BCUT2D eigenvalue weighted by Crippen LogP contribution is -1.73. The number of aromatic amines is 1. The molecule has 27 heavy (non-hydrogen) atoms. The van der Waals surface area contributed by atoms with Crippen LogP contribution in [0.25, 0.3) is 34.0 Å². The van der Waals surface area contributed by atoms with Crippen molar-refractivity contribution in [3.05, 3.63) is 109 Å². The first-order valence-electron chi connectivity index (χ1n) is 8.73. The maximum absolute atomic E-state index is 8.19. The smallest absolute Gasteiger partial charge is 0.0912 e. The van der Waals surface area contributed by atoms with Crippen LogP contribution in [0.15, 0.2) is 97.6 Å². The highest BCUT2D eigenvalue weighted by molar-refractivity contribution is 6.09. The van der Waals surface area contributed by atoms with Crippen LogP contribution in [0.3, 0.4) is 0 Å². The highest BCUT2D eigenvalue weighted by Gasteiger charge is 2.04. The molecule has 0 radical (unpaired) electrons. The molecule has 1 N–H and O–H groups in total. The Bertz CT molecular complexity index is 1140. The Morgan fingerprint density at radius 2 is 1.56 bits per heavy atom. The highest BCUT2D eigenvalue weighted by atomic mass is 14.7. The summed E-state index contributed by atoms with van der Waals surface area (Å²) in [5.74, 6) is 0. The number of rotatable bonds is 3. The van der Waals surface area contributed by atoms with Crippen LogP contribution in [0.2, 0.25) is 0 Å². The van der Waals surface area contributed by atoms with Gasteiger partial charge >= 0.3 is 0 Å². The van der Waals surface area contributed by atoms with Gasteiger partial charge in [-0.2, -0.15) is 5.26 Å². The summed E-state index contributed by atoms with van der Waals surface area (Å²) < 4.78 is 0. The van der Waals surface area contributed by atoms with E-state index in [-0.39, 0.29) is 0 Å². The van der Waals surface area contributed by atoms with Gasteiger partial charge in [-0.15, -0.1) is 0 Å². The van der Waals surface area contributed by atoms with Crippen LogP contribution >= 0.6 is 0 Å². The Kier molecular flexibility index (Phi) is 6.01. The molecule has 0 unspecified atom stereocenters. The van der Waals surface area contributed by atoms with Crippen molar-refractivity contribution < 1.29 is 0 Å². The maximum atomic E-state index is 8.19. The second-order valence-electron chi connectivity index (χ2n) is 5.90. The SMILES string of the molecule is C=Cc1cccc2c1[nH]c1ccccc12.N#CC=CC=Cc1ccccc1. The number of para-hydroxylation sites is 2. The van der Waals surface area contributed by atoms with Gasteiger partial charge in [0.2, 0.25) is 0 Å². The standard InChI is InChI=1S/C14H11N.C11H9N/c1-2-10-6-5-8-12-11-7-3-4-9-13(11)15-14(10)12;12-10-6-2-5-9-11-7-3-1-4-8-11/h2-9,15H,1H2;1-9H. The number of benzene rings is 3. The van der Waals surface area contributed by atoms with Crippen molar-refractivity contribution >= 4 is 34.0 Å². The molecule has 4 aromatic rings. The third-order valence-electron chi connectivity index (χ3n) is 4.16. The Morgan fingerprint density at radius 3 is 2.33 bits per heavy atom. The molecule has 0 aliphatic carbocycles. The topological polar surface area (TPSA) is 39.6 Å². The summed E-state index contributed by atoms with van der Waals surface area (Å²) in [6, 6.07) is 26.5. The first-order valence-corrected chi connectivity index (χ1v) is 8.73. The molecule has 0 amide bonds. The Hall–Kier alpha value is -3.83. The van der Waals surface area contributed by atoms with Crippen LogP contribution in [0.1, 0.15) is 11.1 Å². The second-order valence-corrected chi connectivity index (χ2v) is 5.90. The summed E-state index contributed by atoms with van der Waals surface area (Å²) in [6.45, 7) is 3.83. The average molecular weight is 348 g/mol. The van der Waals surface area contributed by atoms with Gasteiger partial charge in [0.05, 0.1) is 11.6 Å². The molecule has 0 spiro atoms. The lowest BCUT2D eigenvalue weighted by molar-refractivity contribution is 1.53. The number of hydrogen-bond acceptors (Lipinski definition) is 1. The molecule has 0 bridgehead atoms. The zero-order valence-electron chi connectivity index (χ0n) is 15.0. The minimum atomic E-state index is 1.14. The molecule has 4 rings (SSSR count). The van der Waals surface area contributed by atoms with E-state index in [0.717, 1.165) is 11.1 Å². The number of H-pyrrole nitrogens is 1. The van der Waals surface area contributed by atoms with E-state index in [1.165, 1.54) is 27.9 Å². The van der Waals surface area contributed by atoms with Crippen LogP contribution in [0.5, 0.6) is 0 Å². The van der Waals surface area contributed by atoms with Crippen LogP contribution in [-0.4, -0.2) is 4.98 Å². The molecular weight excluding hydrogens is 328 g/mol. The van der Waals surface area contributed by atoms with Gasteiger partial charge in [0.15, 0.2) is 0 Å². The fourth-order valence-corrected chi connectivity index (χ4v) is 2.90. The zero-order valence-corrected chi connectivity index (χ0v) is 15.0. The molecule has 1 aromatic heterocycles. The minimum Gasteiger partial charge on any atom is -0.354 e. The van der Waals surface area contributed by atoms with Gasteiger partial charge in [-0.05, 0) is 17.2 Å². The molecule has 0 fully saturated rings. The lowest BCUT2D eigenvalue weighted by atomic mass is 10.1. The predicted molar refractivity (Wildman–Crippen MR) is 116 cm³/mol. The third-order valence-corrected chi connectivity index (χ3v) is 4.16. The van der Waals surface area contributed by atoms with Gasteiger partial charge in [0.1, 0.15) is 0 Å². The quantitative estimate of drug-likeness (QED) is 0.323. The van der Waals surface area contributed by atoms with Crippen LogP contribution < -0.4 is 0 Å². The minimum absolute atomic E-state index is 1.14. The van der Waals surface area contributed by atoms with Gasteiger partial charge in [-0.1, -0.05) is 97.6 Å². The van der Waals surface area contributed by atoms with E-state index >= 15 is 0 Å². The summed E-state index contributed by atoms with van der Waals surface area (Å²) in [5.41, 5.74) is 4.65. The van der Waals surface area contributed by atoms with Crippen molar-refractivity contribution in [3.8, 4) is 6.07 Å². The van der Waals surface area contributed by atoms with E-state index in [4.69, 9.17) is 5.26 Å². The molecule has 0 aliphatic heterocycles. The number of aromatic nitrogens is 1. The van der Waals surface area contributed by atoms with Crippen molar-refractivity contribution in [1.29, 1.82) is 5.26 Å². The zero-order chi connectivity index (χ0) is 18.9. The van der Waals surface area contributed by atoms with Crippen LogP contribution in [-0.2, 0) is 0 Å². The maximum Gasteiger partial charge on any atom is 0.0912 e. The number of allylic oxidation sites excluding steroid dienone is 3. The van der Waals surface area contributed by atoms with Gasteiger partial charge in [0, 0.05) is 22.4 Å². The predicted octanol–water partition coefficient (Wildman–Crippen LogP) is 6.74. The highest BCUT2D eigenvalue weighted by Crippen LogP contribution is 2.27. The second kappa shape index (κ2) is 9.03. The molecule has 0 atom stereocenters. The number of hydrogen-bond donors (Lipinski definition) is 1. The fraction of sp³-hybridized carbons (Fsp3) is 0. The third kappa shape index (κ3) is 4.42. The molecule has 3 aromatic carbocycles. The lowest BCUT2D eigenvalue weighted by Gasteiger charge is -1.94. The van der Waals surface area contributed by atoms with Crippen molar-refractivity contribution in [1.82, 2.24) is 4.98 Å². The monoisotopic (exact) mass is 348 g/mol. The first kappa shape index (κ1) is 18.0. The van der Waals surface area contributed by atoms with Crippen molar-refractivity contribution in [2.75, 3.05) is 0 Å². The summed E-state index contributed by atoms with van der Waals surface area (Å²) in [7, 11) is 0. The molecule has 130 valence electrons. The van der Waals surface area contributed by atoms with Gasteiger partial charge in [-0.25, -0.2) is 0 Å². The Labute approximate surface area is 159 Å². The van der Waals surface area contributed by atoms with E-state index in [0.29, 0.717) is 0 Å². The van der Waals surface area contributed by atoms with E-state index < -0.39 is 0 Å². The van der Waals surface area contributed by atoms with Crippen molar-refractivity contribution in [2.24, 2.45) is 0 Å². The van der Waals surface area contributed by atoms with Crippen molar-refractivity contribution in [3.63, 3.8) is 0 Å². The number of fused-ring (bicyclic) bond motifs is 3. The van der Waals surface area contributed by atoms with E-state index in [1.54, 1.807) is 6.08 Å². The first-order chi connectivity index (χ1) is 13.3. The fourth-order valence-electron chi connectivity index (χ4n) is 2.90. The molecule has 1 heterocycles. The normalized spacial score (nSPS) is 10.8. The summed E-state index contributed by atoms with van der Waals surface area (Å²) in [6.07, 6.45) is 8.84. The molecule has 0 aliphatic rings. The number of nitriles is 1. The van der Waals surface area contributed by atoms with Crippen LogP contribution in [0.4, 0.5) is 0 Å². The number of nitrogens with zero attached hydrogens (tertiary/aromatic N) is 1. The molecule has 2 heteroatoms. The molecule has 0 saturated heterocycles. The summed E-state index contributed by atoms with van der Waals surface area (Å²) >= 11 is 0. The van der Waals surface area contributed by atoms with E-state index in [9.17, 15) is 0 Å². The van der Waals surface area contributed by atoms with E-state index in [1.807, 2.05) is 60.7 Å². The Morgan fingerprint density at radius 1 is 0.815 bits per heavy atom. The van der Waals surface area contributed by atoms with Gasteiger partial charge in [-0.3, -0.25) is 0 Å². The summed E-state index contributed by atoms with van der Waals surface area (Å²) in [4.78, 5) is 3.43. The largest absolute Gasteiger partial charge is 0.354 e. The molecular formula is C25H20N2. The van der Waals surface area contributed by atoms with Crippen LogP contribution in [0, 0.1) is 11.3 Å². The van der Waals surface area contributed by atoms with Gasteiger partial charge < -0.3 is 4.98 Å². The Balaban J connectivity index is 0.000000161. The van der Waals surface area contributed by atoms with E-state index in [2.05, 4.69) is 48.0 Å². The molecule has 2 nitrogen and oxygen atoms in total. The average Bonchev–Trinajstić information content (AvgIpc) is 3.11. The van der Waals surface area contributed by atoms with Gasteiger partial charge in [0.25, 0.3) is 0 Å². The number of nitrogens with one attached hydrogen (secondary N) is 1.